The molecule has 0 saturated carbocycles. The Labute approximate surface area is 85.3 Å². The predicted octanol–water partition coefficient (Wildman–Crippen LogP) is 3.02. The van der Waals surface area contributed by atoms with Gasteiger partial charge in [-0.3, -0.25) is 0 Å². The third kappa shape index (κ3) is 2.82. The van der Waals surface area contributed by atoms with E-state index in [1.54, 1.807) is 12.1 Å². The van der Waals surface area contributed by atoms with Crippen molar-refractivity contribution in [1.29, 1.82) is 5.26 Å². The van der Waals surface area contributed by atoms with Gasteiger partial charge in [-0.1, -0.05) is 28.9 Å². The third-order valence-electron chi connectivity index (χ3n) is 1.67. The van der Waals surface area contributed by atoms with Crippen LogP contribution in [0.2, 0.25) is 0 Å². The molecule has 3 heteroatoms. The van der Waals surface area contributed by atoms with Crippen molar-refractivity contribution in [2.75, 3.05) is 0 Å². The fourth-order valence-electron chi connectivity index (χ4n) is 1.11. The van der Waals surface area contributed by atoms with E-state index in [2.05, 4.69) is 15.9 Å². The lowest BCUT2D eigenvalue weighted by Crippen LogP contribution is -1.97. The highest BCUT2D eigenvalue weighted by Gasteiger charge is 2.04. The number of nitriles is 1. The van der Waals surface area contributed by atoms with Crippen LogP contribution in [-0.2, 0) is 6.42 Å². The molecule has 0 aliphatic rings. The summed E-state index contributed by atoms with van der Waals surface area (Å²) in [7, 11) is 0. The lowest BCUT2D eigenvalue weighted by molar-refractivity contribution is 0.623. The van der Waals surface area contributed by atoms with Crippen molar-refractivity contribution in [2.45, 2.75) is 18.2 Å². The first-order chi connectivity index (χ1) is 6.13. The molecule has 1 atom stereocenters. The van der Waals surface area contributed by atoms with Gasteiger partial charge in [0.2, 0.25) is 0 Å². The number of nitrogens with zero attached hydrogens (tertiary/aromatic N) is 1. The molecule has 0 aliphatic heterocycles. The maximum Gasteiger partial charge on any atom is 0.140 e. The van der Waals surface area contributed by atoms with Crippen LogP contribution in [0.25, 0.3) is 0 Å². The van der Waals surface area contributed by atoms with Gasteiger partial charge >= 0.3 is 0 Å². The molecule has 0 heterocycles. The number of alkyl halides is 1. The monoisotopic (exact) mass is 241 g/mol. The average molecular weight is 242 g/mol. The number of halogens is 2. The summed E-state index contributed by atoms with van der Waals surface area (Å²) in [5.41, 5.74) is 1.09. The van der Waals surface area contributed by atoms with Crippen LogP contribution < -0.4 is 0 Å². The maximum absolute atomic E-state index is 12.9. The number of benzene rings is 1. The van der Waals surface area contributed by atoms with Gasteiger partial charge in [-0.15, -0.1) is 0 Å². The van der Waals surface area contributed by atoms with Crippen LogP contribution in [0.4, 0.5) is 4.39 Å². The molecule has 0 aromatic heterocycles. The average Bonchev–Trinajstić information content (AvgIpc) is 2.07. The zero-order valence-electron chi connectivity index (χ0n) is 7.22. The fraction of sp³-hybridized carbons (Fsp3) is 0.300. The van der Waals surface area contributed by atoms with E-state index < -0.39 is 5.82 Å². The summed E-state index contributed by atoms with van der Waals surface area (Å²) in [6.07, 6.45) is 0.801. The summed E-state index contributed by atoms with van der Waals surface area (Å²) >= 11 is 3.40. The summed E-state index contributed by atoms with van der Waals surface area (Å²) in [5, 5.41) is 8.58. The SMILES string of the molecule is CC(Br)Cc1ccc(F)c(C#N)c1. The molecular formula is C10H9BrFN. The van der Waals surface area contributed by atoms with Crippen molar-refractivity contribution < 1.29 is 4.39 Å². The summed E-state index contributed by atoms with van der Waals surface area (Å²) in [5.74, 6) is -0.450. The molecule has 0 bridgehead atoms. The van der Waals surface area contributed by atoms with Gasteiger partial charge in [0.25, 0.3) is 0 Å². The standard InChI is InChI=1S/C10H9BrFN/c1-7(11)4-8-2-3-10(12)9(5-8)6-13/h2-3,5,7H,4H2,1H3. The predicted molar refractivity (Wildman–Crippen MR) is 53.2 cm³/mol. The summed E-state index contributed by atoms with van der Waals surface area (Å²) in [6, 6.07) is 6.45. The molecule has 0 radical (unpaired) electrons. The van der Waals surface area contributed by atoms with Crippen LogP contribution >= 0.6 is 15.9 Å². The molecule has 1 nitrogen and oxygen atoms in total. The minimum absolute atomic E-state index is 0.116. The van der Waals surface area contributed by atoms with Crippen LogP contribution in [0.15, 0.2) is 18.2 Å². The summed E-state index contributed by atoms with van der Waals surface area (Å²) < 4.78 is 12.9. The van der Waals surface area contributed by atoms with Crippen LogP contribution in [0.3, 0.4) is 0 Å². The van der Waals surface area contributed by atoms with E-state index in [4.69, 9.17) is 5.26 Å². The first-order valence-electron chi connectivity index (χ1n) is 3.96. The van der Waals surface area contributed by atoms with Crippen molar-refractivity contribution >= 4 is 15.9 Å². The zero-order valence-corrected chi connectivity index (χ0v) is 8.81. The largest absolute Gasteiger partial charge is 0.206 e. The summed E-state index contributed by atoms with van der Waals surface area (Å²) in [4.78, 5) is 0.338. The Morgan fingerprint density at radius 3 is 2.85 bits per heavy atom. The van der Waals surface area contributed by atoms with E-state index in [9.17, 15) is 4.39 Å². The second kappa shape index (κ2) is 4.38. The Bertz CT molecular complexity index is 341. The smallest absolute Gasteiger partial charge is 0.140 e. The molecule has 13 heavy (non-hydrogen) atoms. The lowest BCUT2D eigenvalue weighted by Gasteiger charge is -2.03. The number of rotatable bonds is 2. The normalized spacial score (nSPS) is 12.2. The molecule has 1 aromatic rings. The van der Waals surface area contributed by atoms with Gasteiger partial charge in [-0.05, 0) is 24.1 Å². The summed E-state index contributed by atoms with van der Waals surface area (Å²) in [6.45, 7) is 2.01. The van der Waals surface area contributed by atoms with Crippen molar-refractivity contribution in [3.05, 3.63) is 35.1 Å². The van der Waals surface area contributed by atoms with Crippen molar-refractivity contribution in [2.24, 2.45) is 0 Å². The molecule has 0 amide bonds. The van der Waals surface area contributed by atoms with Crippen LogP contribution in [-0.4, -0.2) is 4.83 Å². The molecule has 68 valence electrons. The van der Waals surface area contributed by atoms with Gasteiger partial charge in [0.1, 0.15) is 11.9 Å². The fourth-order valence-corrected chi connectivity index (χ4v) is 1.48. The van der Waals surface area contributed by atoms with Gasteiger partial charge in [0.05, 0.1) is 5.56 Å². The molecule has 1 aromatic carbocycles. The van der Waals surface area contributed by atoms with Gasteiger partial charge in [0, 0.05) is 4.83 Å². The molecule has 0 spiro atoms. The Hall–Kier alpha value is -0.880. The quantitative estimate of drug-likeness (QED) is 0.731. The van der Waals surface area contributed by atoms with Gasteiger partial charge in [0.15, 0.2) is 0 Å². The Morgan fingerprint density at radius 2 is 2.31 bits per heavy atom. The van der Waals surface area contributed by atoms with Crippen LogP contribution in [0, 0.1) is 17.1 Å². The van der Waals surface area contributed by atoms with E-state index in [-0.39, 0.29) is 5.56 Å². The molecule has 1 unspecified atom stereocenters. The van der Waals surface area contributed by atoms with E-state index in [1.807, 2.05) is 13.0 Å². The molecular weight excluding hydrogens is 233 g/mol. The Kier molecular flexibility index (Phi) is 3.44. The second-order valence-electron chi connectivity index (χ2n) is 2.91. The minimum atomic E-state index is -0.450. The number of hydrogen-bond acceptors (Lipinski definition) is 1. The lowest BCUT2D eigenvalue weighted by atomic mass is 10.1. The molecule has 0 aliphatic carbocycles. The van der Waals surface area contributed by atoms with Crippen LogP contribution in [0.5, 0.6) is 0 Å². The highest BCUT2D eigenvalue weighted by molar-refractivity contribution is 9.09. The second-order valence-corrected chi connectivity index (χ2v) is 4.47. The highest BCUT2D eigenvalue weighted by atomic mass is 79.9. The minimum Gasteiger partial charge on any atom is -0.206 e. The Balaban J connectivity index is 2.95. The van der Waals surface area contributed by atoms with E-state index >= 15 is 0 Å². The topological polar surface area (TPSA) is 23.8 Å². The molecule has 0 fully saturated rings. The molecule has 0 saturated heterocycles. The van der Waals surface area contributed by atoms with Crippen molar-refractivity contribution in [3.8, 4) is 6.07 Å². The van der Waals surface area contributed by atoms with E-state index in [1.165, 1.54) is 6.07 Å². The van der Waals surface area contributed by atoms with E-state index in [0.717, 1.165) is 12.0 Å². The first kappa shape index (κ1) is 10.2. The van der Waals surface area contributed by atoms with Crippen molar-refractivity contribution in [3.63, 3.8) is 0 Å². The first-order valence-corrected chi connectivity index (χ1v) is 4.87. The van der Waals surface area contributed by atoms with Crippen molar-refractivity contribution in [1.82, 2.24) is 0 Å². The van der Waals surface area contributed by atoms with Gasteiger partial charge < -0.3 is 0 Å². The van der Waals surface area contributed by atoms with Crippen LogP contribution in [0.1, 0.15) is 18.1 Å². The van der Waals surface area contributed by atoms with Gasteiger partial charge in [-0.25, -0.2) is 4.39 Å². The third-order valence-corrected chi connectivity index (χ3v) is 1.99. The van der Waals surface area contributed by atoms with Gasteiger partial charge in [-0.2, -0.15) is 5.26 Å². The Morgan fingerprint density at radius 1 is 1.62 bits per heavy atom. The molecule has 1 rings (SSSR count). The maximum atomic E-state index is 12.9. The van der Waals surface area contributed by atoms with E-state index in [0.29, 0.717) is 4.83 Å². The molecule has 0 N–H and O–H groups in total. The highest BCUT2D eigenvalue weighted by Crippen LogP contribution is 2.13. The number of hydrogen-bond donors (Lipinski definition) is 0. The zero-order chi connectivity index (χ0) is 9.84.